The molecule has 1 aromatic rings. The lowest BCUT2D eigenvalue weighted by Gasteiger charge is -2.26. The van der Waals surface area contributed by atoms with E-state index in [-0.39, 0.29) is 5.91 Å². The molecule has 1 aliphatic rings. The maximum absolute atomic E-state index is 12.2. The highest BCUT2D eigenvalue weighted by molar-refractivity contribution is 5.98. The van der Waals surface area contributed by atoms with Crippen LogP contribution in [-0.2, 0) is 4.74 Å². The van der Waals surface area contributed by atoms with Crippen LogP contribution in [-0.4, -0.2) is 56.8 Å². The zero-order valence-electron chi connectivity index (χ0n) is 12.4. The number of nitrogens with one attached hydrogen (secondary N) is 1. The molecule has 1 fully saturated rings. The van der Waals surface area contributed by atoms with Gasteiger partial charge in [0.2, 0.25) is 0 Å². The van der Waals surface area contributed by atoms with Crippen LogP contribution < -0.4 is 15.8 Å². The summed E-state index contributed by atoms with van der Waals surface area (Å²) in [5, 5.41) is 2.92. The normalized spacial score (nSPS) is 15.7. The number of morpholine rings is 1. The predicted molar refractivity (Wildman–Crippen MR) is 81.6 cm³/mol. The molecule has 1 amide bonds. The third kappa shape index (κ3) is 4.34. The van der Waals surface area contributed by atoms with E-state index in [1.54, 1.807) is 18.2 Å². The van der Waals surface area contributed by atoms with E-state index in [9.17, 15) is 4.79 Å². The number of anilines is 1. The van der Waals surface area contributed by atoms with Crippen LogP contribution in [0.4, 0.5) is 5.69 Å². The monoisotopic (exact) mass is 293 g/mol. The van der Waals surface area contributed by atoms with Crippen LogP contribution in [0.3, 0.4) is 0 Å². The Balaban J connectivity index is 1.89. The molecule has 0 unspecified atom stereocenters. The van der Waals surface area contributed by atoms with E-state index in [4.69, 9.17) is 15.2 Å². The molecule has 0 bridgehead atoms. The van der Waals surface area contributed by atoms with Gasteiger partial charge in [0.05, 0.1) is 31.1 Å². The Morgan fingerprint density at radius 1 is 1.43 bits per heavy atom. The topological polar surface area (TPSA) is 76.8 Å². The van der Waals surface area contributed by atoms with E-state index in [0.29, 0.717) is 30.2 Å². The molecule has 1 heterocycles. The summed E-state index contributed by atoms with van der Waals surface area (Å²) in [7, 11) is 0. The number of nitrogens with two attached hydrogens (primary N) is 1. The van der Waals surface area contributed by atoms with Crippen molar-refractivity contribution in [2.75, 3.05) is 51.7 Å². The third-order valence-corrected chi connectivity index (χ3v) is 3.40. The molecule has 0 aliphatic carbocycles. The van der Waals surface area contributed by atoms with Gasteiger partial charge in [-0.25, -0.2) is 0 Å². The van der Waals surface area contributed by atoms with E-state index >= 15 is 0 Å². The zero-order valence-corrected chi connectivity index (χ0v) is 12.4. The van der Waals surface area contributed by atoms with Gasteiger partial charge < -0.3 is 20.5 Å². The largest absolute Gasteiger partial charge is 0.491 e. The van der Waals surface area contributed by atoms with Crippen LogP contribution in [0.5, 0.6) is 5.75 Å². The van der Waals surface area contributed by atoms with Gasteiger partial charge in [-0.1, -0.05) is 6.07 Å². The molecule has 6 heteroatoms. The lowest BCUT2D eigenvalue weighted by molar-refractivity contribution is 0.0383. The molecule has 21 heavy (non-hydrogen) atoms. The standard InChI is InChI=1S/C15H23N3O3/c1-2-21-14-12(4-3-5-13(14)16)15(19)17-6-7-18-8-10-20-11-9-18/h3-5H,2,6-11,16H2,1H3,(H,17,19). The second-order valence-electron chi connectivity index (χ2n) is 4.87. The summed E-state index contributed by atoms with van der Waals surface area (Å²) >= 11 is 0. The second-order valence-corrected chi connectivity index (χ2v) is 4.87. The van der Waals surface area contributed by atoms with Crippen LogP contribution in [0.15, 0.2) is 18.2 Å². The highest BCUT2D eigenvalue weighted by Crippen LogP contribution is 2.26. The fourth-order valence-electron chi connectivity index (χ4n) is 2.29. The lowest BCUT2D eigenvalue weighted by Crippen LogP contribution is -2.41. The zero-order chi connectivity index (χ0) is 15.1. The van der Waals surface area contributed by atoms with Crippen molar-refractivity contribution in [2.45, 2.75) is 6.92 Å². The summed E-state index contributed by atoms with van der Waals surface area (Å²) < 4.78 is 10.8. The summed E-state index contributed by atoms with van der Waals surface area (Å²) in [5.41, 5.74) is 6.83. The minimum atomic E-state index is -0.154. The van der Waals surface area contributed by atoms with E-state index in [2.05, 4.69) is 10.2 Å². The first-order valence-corrected chi connectivity index (χ1v) is 7.32. The summed E-state index contributed by atoms with van der Waals surface area (Å²) in [6.07, 6.45) is 0. The summed E-state index contributed by atoms with van der Waals surface area (Å²) in [4.78, 5) is 14.5. The number of nitrogen functional groups attached to an aromatic ring is 1. The van der Waals surface area contributed by atoms with Crippen molar-refractivity contribution in [3.05, 3.63) is 23.8 Å². The number of nitrogens with zero attached hydrogens (tertiary/aromatic N) is 1. The Bertz CT molecular complexity index is 473. The van der Waals surface area contributed by atoms with Gasteiger partial charge in [0.1, 0.15) is 0 Å². The molecular weight excluding hydrogens is 270 g/mol. The molecule has 1 aromatic carbocycles. The summed E-state index contributed by atoms with van der Waals surface area (Å²) in [6.45, 7) is 7.11. The minimum absolute atomic E-state index is 0.154. The first-order chi connectivity index (χ1) is 10.2. The number of carbonyl (C=O) groups is 1. The van der Waals surface area contributed by atoms with Crippen molar-refractivity contribution in [3.63, 3.8) is 0 Å². The number of hydrogen-bond donors (Lipinski definition) is 2. The molecule has 1 saturated heterocycles. The number of para-hydroxylation sites is 1. The first kappa shape index (κ1) is 15.6. The van der Waals surface area contributed by atoms with Gasteiger partial charge >= 0.3 is 0 Å². The molecule has 1 aliphatic heterocycles. The average molecular weight is 293 g/mol. The average Bonchev–Trinajstić information content (AvgIpc) is 2.50. The number of carbonyl (C=O) groups excluding carboxylic acids is 1. The Hall–Kier alpha value is -1.79. The predicted octanol–water partition coefficient (Wildman–Crippen LogP) is 0.730. The van der Waals surface area contributed by atoms with Crippen LogP contribution in [0.25, 0.3) is 0 Å². The van der Waals surface area contributed by atoms with Gasteiger partial charge in [0.15, 0.2) is 5.75 Å². The number of amides is 1. The summed E-state index contributed by atoms with van der Waals surface area (Å²) in [5.74, 6) is 0.308. The Morgan fingerprint density at radius 2 is 2.19 bits per heavy atom. The summed E-state index contributed by atoms with van der Waals surface area (Å²) in [6, 6.07) is 5.22. The third-order valence-electron chi connectivity index (χ3n) is 3.40. The SMILES string of the molecule is CCOc1c(N)cccc1C(=O)NCCN1CCOCC1. The number of rotatable bonds is 6. The Labute approximate surface area is 125 Å². The molecule has 0 saturated carbocycles. The van der Waals surface area contributed by atoms with Crippen LogP contribution >= 0.6 is 0 Å². The van der Waals surface area contributed by atoms with Gasteiger partial charge in [-0.2, -0.15) is 0 Å². The highest BCUT2D eigenvalue weighted by Gasteiger charge is 2.15. The van der Waals surface area contributed by atoms with Crippen molar-refractivity contribution in [1.29, 1.82) is 0 Å². The lowest BCUT2D eigenvalue weighted by atomic mass is 10.1. The van der Waals surface area contributed by atoms with Crippen molar-refractivity contribution >= 4 is 11.6 Å². The van der Waals surface area contributed by atoms with Crippen LogP contribution in [0.1, 0.15) is 17.3 Å². The van der Waals surface area contributed by atoms with E-state index in [1.807, 2.05) is 6.92 Å². The van der Waals surface area contributed by atoms with Gasteiger partial charge in [-0.15, -0.1) is 0 Å². The van der Waals surface area contributed by atoms with Gasteiger partial charge in [-0.3, -0.25) is 9.69 Å². The van der Waals surface area contributed by atoms with E-state index < -0.39 is 0 Å². The molecule has 0 radical (unpaired) electrons. The molecular formula is C15H23N3O3. The molecule has 116 valence electrons. The molecule has 6 nitrogen and oxygen atoms in total. The number of hydrogen-bond acceptors (Lipinski definition) is 5. The van der Waals surface area contributed by atoms with Crippen LogP contribution in [0, 0.1) is 0 Å². The fraction of sp³-hybridized carbons (Fsp3) is 0.533. The van der Waals surface area contributed by atoms with Crippen molar-refractivity contribution in [2.24, 2.45) is 0 Å². The molecule has 0 spiro atoms. The molecule has 0 aromatic heterocycles. The fourth-order valence-corrected chi connectivity index (χ4v) is 2.29. The Kier molecular flexibility index (Phi) is 5.83. The maximum atomic E-state index is 12.2. The molecule has 0 atom stereocenters. The second kappa shape index (κ2) is 7.85. The molecule has 3 N–H and O–H groups in total. The molecule has 2 rings (SSSR count). The number of benzene rings is 1. The number of ether oxygens (including phenoxy) is 2. The first-order valence-electron chi connectivity index (χ1n) is 7.32. The maximum Gasteiger partial charge on any atom is 0.255 e. The van der Waals surface area contributed by atoms with Crippen molar-refractivity contribution < 1.29 is 14.3 Å². The van der Waals surface area contributed by atoms with E-state index in [0.717, 1.165) is 32.8 Å². The van der Waals surface area contributed by atoms with Crippen molar-refractivity contribution in [1.82, 2.24) is 10.2 Å². The smallest absolute Gasteiger partial charge is 0.255 e. The quantitative estimate of drug-likeness (QED) is 0.756. The van der Waals surface area contributed by atoms with E-state index in [1.165, 1.54) is 0 Å². The van der Waals surface area contributed by atoms with Gasteiger partial charge in [0, 0.05) is 26.2 Å². The van der Waals surface area contributed by atoms with Crippen LogP contribution in [0.2, 0.25) is 0 Å². The van der Waals surface area contributed by atoms with Crippen molar-refractivity contribution in [3.8, 4) is 5.75 Å². The minimum Gasteiger partial charge on any atom is -0.491 e. The van der Waals surface area contributed by atoms with Gasteiger partial charge in [0.25, 0.3) is 5.91 Å². The Morgan fingerprint density at radius 3 is 2.90 bits per heavy atom. The highest BCUT2D eigenvalue weighted by atomic mass is 16.5. The van der Waals surface area contributed by atoms with Gasteiger partial charge in [-0.05, 0) is 19.1 Å².